The van der Waals surface area contributed by atoms with Crippen molar-refractivity contribution >= 4 is 42.9 Å². The lowest BCUT2D eigenvalue weighted by Crippen LogP contribution is -1.82. The van der Waals surface area contributed by atoms with Gasteiger partial charge in [0.05, 0.1) is 18.0 Å². The Kier molecular flexibility index (Phi) is 2.57. The summed E-state index contributed by atoms with van der Waals surface area (Å²) in [6.07, 6.45) is 0.408. The minimum absolute atomic E-state index is 0.408. The first kappa shape index (κ1) is 9.69. The Hall–Kier alpha value is -0.860. The Morgan fingerprint density at radius 3 is 2.93 bits per heavy atom. The fourth-order valence-electron chi connectivity index (χ4n) is 1.29. The summed E-state index contributed by atoms with van der Waals surface area (Å²) in [5.41, 5.74) is 2.78. The van der Waals surface area contributed by atoms with E-state index < -0.39 is 0 Å². The van der Waals surface area contributed by atoms with Gasteiger partial charge >= 0.3 is 0 Å². The third kappa shape index (κ3) is 1.68. The summed E-state index contributed by atoms with van der Waals surface area (Å²) in [5.74, 6) is 0. The molecule has 0 saturated heterocycles. The number of halogens is 2. The van der Waals surface area contributed by atoms with Crippen molar-refractivity contribution in [2.75, 3.05) is 0 Å². The zero-order valence-electron chi connectivity index (χ0n) is 7.01. The van der Waals surface area contributed by atoms with Gasteiger partial charge in [-0.05, 0) is 49.6 Å². The van der Waals surface area contributed by atoms with Crippen LogP contribution in [0.4, 0.5) is 0 Å². The summed E-state index contributed by atoms with van der Waals surface area (Å²) in [6.45, 7) is 0. The minimum Gasteiger partial charge on any atom is -0.332 e. The van der Waals surface area contributed by atoms with E-state index in [4.69, 9.17) is 5.26 Å². The Morgan fingerprint density at radius 1 is 1.43 bits per heavy atom. The highest BCUT2D eigenvalue weighted by Gasteiger charge is 2.06. The number of aromatic amines is 1. The zero-order chi connectivity index (χ0) is 10.1. The molecule has 0 amide bonds. The van der Waals surface area contributed by atoms with Crippen molar-refractivity contribution in [1.29, 1.82) is 5.26 Å². The first-order valence-corrected chi connectivity index (χ1v) is 5.50. The molecule has 0 atom stereocenters. The van der Waals surface area contributed by atoms with Gasteiger partial charge in [0.25, 0.3) is 0 Å². The van der Waals surface area contributed by atoms with E-state index in [-0.39, 0.29) is 0 Å². The molecule has 2 rings (SSSR count). The number of imidazole rings is 1. The number of nitrogens with zero attached hydrogens (tertiary/aromatic N) is 2. The first-order chi connectivity index (χ1) is 6.70. The molecule has 1 aromatic carbocycles. The summed E-state index contributed by atoms with van der Waals surface area (Å²) in [6, 6.07) is 5.96. The highest BCUT2D eigenvalue weighted by atomic mass is 79.9. The van der Waals surface area contributed by atoms with Crippen LogP contribution in [0.15, 0.2) is 21.3 Å². The monoisotopic (exact) mass is 313 g/mol. The van der Waals surface area contributed by atoms with Crippen LogP contribution in [-0.2, 0) is 6.42 Å². The third-order valence-corrected chi connectivity index (χ3v) is 2.83. The molecule has 0 aliphatic heterocycles. The van der Waals surface area contributed by atoms with Crippen molar-refractivity contribution < 1.29 is 0 Å². The van der Waals surface area contributed by atoms with E-state index in [2.05, 4.69) is 47.9 Å². The smallest absolute Gasteiger partial charge is 0.175 e. The summed E-state index contributed by atoms with van der Waals surface area (Å²) in [4.78, 5) is 7.31. The number of aromatic nitrogens is 2. The van der Waals surface area contributed by atoms with E-state index in [1.807, 2.05) is 12.1 Å². The largest absolute Gasteiger partial charge is 0.332 e. The van der Waals surface area contributed by atoms with Crippen LogP contribution < -0.4 is 0 Å². The number of H-pyrrole nitrogens is 1. The summed E-state index contributed by atoms with van der Waals surface area (Å²) in [7, 11) is 0. The molecule has 1 aromatic heterocycles. The van der Waals surface area contributed by atoms with Gasteiger partial charge < -0.3 is 4.98 Å². The topological polar surface area (TPSA) is 52.5 Å². The minimum atomic E-state index is 0.408. The average molecular weight is 315 g/mol. The standard InChI is InChI=1S/C9H5Br2N3/c10-6-3-5(1-2-12)4-7-8(6)14-9(11)13-7/h3-4H,1H2,(H,13,14). The normalized spacial score (nSPS) is 10.4. The first-order valence-electron chi connectivity index (χ1n) is 3.91. The van der Waals surface area contributed by atoms with Gasteiger partial charge in [-0.3, -0.25) is 0 Å². The molecule has 0 unspecified atom stereocenters. The molecule has 0 bridgehead atoms. The highest BCUT2D eigenvalue weighted by Crippen LogP contribution is 2.25. The van der Waals surface area contributed by atoms with E-state index in [1.165, 1.54) is 0 Å². The van der Waals surface area contributed by atoms with Crippen LogP contribution in [0.2, 0.25) is 0 Å². The molecule has 1 N–H and O–H groups in total. The fourth-order valence-corrected chi connectivity index (χ4v) is 2.28. The quantitative estimate of drug-likeness (QED) is 0.879. The van der Waals surface area contributed by atoms with Crippen LogP contribution in [0, 0.1) is 11.3 Å². The Bertz CT molecular complexity index is 525. The van der Waals surface area contributed by atoms with Crippen LogP contribution in [-0.4, -0.2) is 9.97 Å². The lowest BCUT2D eigenvalue weighted by atomic mass is 10.1. The Morgan fingerprint density at radius 2 is 2.21 bits per heavy atom. The van der Waals surface area contributed by atoms with Gasteiger partial charge in [0.2, 0.25) is 0 Å². The number of fused-ring (bicyclic) bond motifs is 1. The number of rotatable bonds is 1. The van der Waals surface area contributed by atoms with E-state index in [0.29, 0.717) is 11.2 Å². The molecule has 3 nitrogen and oxygen atoms in total. The number of hydrogen-bond donors (Lipinski definition) is 1. The molecule has 1 heterocycles. The maximum Gasteiger partial charge on any atom is 0.175 e. The SMILES string of the molecule is N#CCc1cc(Br)c2nc(Br)[nH]c2c1. The van der Waals surface area contributed by atoms with Crippen molar-refractivity contribution in [3.8, 4) is 6.07 Å². The second-order valence-corrected chi connectivity index (χ2v) is 4.44. The predicted molar refractivity (Wildman–Crippen MR) is 60.8 cm³/mol. The summed E-state index contributed by atoms with van der Waals surface area (Å²) in [5, 5.41) is 8.59. The lowest BCUT2D eigenvalue weighted by molar-refractivity contribution is 1.26. The van der Waals surface area contributed by atoms with Gasteiger partial charge in [0, 0.05) is 4.47 Å². The van der Waals surface area contributed by atoms with Gasteiger partial charge in [-0.1, -0.05) is 0 Å². The Labute approximate surface area is 97.4 Å². The number of nitriles is 1. The molecule has 14 heavy (non-hydrogen) atoms. The van der Waals surface area contributed by atoms with Gasteiger partial charge in [-0.2, -0.15) is 5.26 Å². The summed E-state index contributed by atoms with van der Waals surface area (Å²) < 4.78 is 1.60. The summed E-state index contributed by atoms with van der Waals surface area (Å²) >= 11 is 6.69. The van der Waals surface area contributed by atoms with Crippen molar-refractivity contribution in [3.05, 3.63) is 26.9 Å². The molecule has 0 saturated carbocycles. The van der Waals surface area contributed by atoms with Gasteiger partial charge in [-0.25, -0.2) is 4.98 Å². The zero-order valence-corrected chi connectivity index (χ0v) is 10.2. The van der Waals surface area contributed by atoms with E-state index >= 15 is 0 Å². The van der Waals surface area contributed by atoms with Crippen molar-refractivity contribution in [3.63, 3.8) is 0 Å². The van der Waals surface area contributed by atoms with E-state index in [9.17, 15) is 0 Å². The second kappa shape index (κ2) is 3.71. The number of nitrogens with one attached hydrogen (secondary N) is 1. The Balaban J connectivity index is 2.66. The van der Waals surface area contributed by atoms with Gasteiger partial charge in [0.15, 0.2) is 4.73 Å². The van der Waals surface area contributed by atoms with Crippen LogP contribution in [0.5, 0.6) is 0 Å². The van der Waals surface area contributed by atoms with Crippen molar-refractivity contribution in [1.82, 2.24) is 9.97 Å². The molecule has 5 heteroatoms. The molecule has 2 aromatic rings. The number of benzene rings is 1. The fraction of sp³-hybridized carbons (Fsp3) is 0.111. The molecule has 0 spiro atoms. The van der Waals surface area contributed by atoms with Gasteiger partial charge in [0.1, 0.15) is 5.52 Å². The third-order valence-electron chi connectivity index (χ3n) is 1.85. The van der Waals surface area contributed by atoms with Gasteiger partial charge in [-0.15, -0.1) is 0 Å². The second-order valence-electron chi connectivity index (χ2n) is 2.84. The molecule has 0 radical (unpaired) electrons. The van der Waals surface area contributed by atoms with Crippen molar-refractivity contribution in [2.24, 2.45) is 0 Å². The molecular weight excluding hydrogens is 310 g/mol. The predicted octanol–water partition coefficient (Wildman–Crippen LogP) is 3.15. The molecule has 0 aliphatic carbocycles. The highest BCUT2D eigenvalue weighted by molar-refractivity contribution is 9.11. The van der Waals surface area contributed by atoms with Crippen molar-refractivity contribution in [2.45, 2.75) is 6.42 Å². The van der Waals surface area contributed by atoms with Crippen LogP contribution in [0.3, 0.4) is 0 Å². The van der Waals surface area contributed by atoms with E-state index in [1.54, 1.807) is 0 Å². The van der Waals surface area contributed by atoms with Crippen LogP contribution in [0.25, 0.3) is 11.0 Å². The maximum absolute atomic E-state index is 8.59. The van der Waals surface area contributed by atoms with E-state index in [0.717, 1.165) is 21.1 Å². The molecular formula is C9H5Br2N3. The molecule has 0 aliphatic rings. The van der Waals surface area contributed by atoms with Crippen LogP contribution in [0.1, 0.15) is 5.56 Å². The number of hydrogen-bond acceptors (Lipinski definition) is 2. The molecule has 70 valence electrons. The van der Waals surface area contributed by atoms with Crippen LogP contribution >= 0.6 is 31.9 Å². The average Bonchev–Trinajstić information content (AvgIpc) is 2.47. The molecule has 0 fully saturated rings. The maximum atomic E-state index is 8.59. The lowest BCUT2D eigenvalue weighted by Gasteiger charge is -1.96.